The molecule has 0 aromatic carbocycles. The normalized spacial score (nSPS) is 17.1. The second-order valence-electron chi connectivity index (χ2n) is 10.8. The Kier molecular flexibility index (Phi) is 9.67. The molecule has 0 spiro atoms. The van der Waals surface area contributed by atoms with Crippen LogP contribution in [0.5, 0.6) is 0 Å². The van der Waals surface area contributed by atoms with E-state index in [0.29, 0.717) is 12.1 Å². The first-order valence-electron chi connectivity index (χ1n) is 14.7. The molecule has 1 N–H and O–H groups in total. The van der Waals surface area contributed by atoms with Crippen LogP contribution < -0.4 is 5.32 Å². The van der Waals surface area contributed by atoms with Crippen LogP contribution >= 0.6 is 0 Å². The lowest BCUT2D eigenvalue weighted by Gasteiger charge is -2.26. The lowest BCUT2D eigenvalue weighted by atomic mass is 10.1. The van der Waals surface area contributed by atoms with Crippen molar-refractivity contribution in [1.82, 2.24) is 24.8 Å². The van der Waals surface area contributed by atoms with Crippen molar-refractivity contribution in [3.05, 3.63) is 48.5 Å². The maximum absolute atomic E-state index is 12.7. The number of carbonyl (C=O) groups is 1. The quantitative estimate of drug-likeness (QED) is 0.241. The zero-order chi connectivity index (χ0) is 26.0. The number of ketones is 1. The molecule has 0 unspecified atom stereocenters. The highest BCUT2D eigenvalue weighted by molar-refractivity contribution is 5.95. The smallest absolute Gasteiger partial charge is 0.181 e. The molecule has 2 saturated heterocycles. The molecule has 0 saturated carbocycles. The van der Waals surface area contributed by atoms with Gasteiger partial charge in [-0.25, -0.2) is 4.98 Å². The molecule has 7 nitrogen and oxygen atoms in total. The maximum atomic E-state index is 12.7. The van der Waals surface area contributed by atoms with Crippen LogP contribution in [0.2, 0.25) is 0 Å². The topological polar surface area (TPSA) is 74.2 Å². The summed E-state index contributed by atoms with van der Waals surface area (Å²) >= 11 is 0. The Morgan fingerprint density at radius 1 is 0.842 bits per heavy atom. The van der Waals surface area contributed by atoms with Gasteiger partial charge >= 0.3 is 0 Å². The van der Waals surface area contributed by atoms with Gasteiger partial charge in [0.25, 0.3) is 0 Å². The molecule has 2 aliphatic heterocycles. The molecule has 2 aliphatic rings. The van der Waals surface area contributed by atoms with E-state index in [1.54, 1.807) is 12.4 Å². The Morgan fingerprint density at radius 2 is 1.58 bits per heavy atom. The summed E-state index contributed by atoms with van der Waals surface area (Å²) in [5.74, 6) is 0.129. The zero-order valence-electron chi connectivity index (χ0n) is 22.7. The van der Waals surface area contributed by atoms with Crippen molar-refractivity contribution in [3.8, 4) is 11.3 Å². The number of anilines is 1. The molecule has 0 bridgehead atoms. The van der Waals surface area contributed by atoms with Gasteiger partial charge in [0.15, 0.2) is 5.78 Å². The number of hydrogen-bond donors (Lipinski definition) is 1. The SMILES string of the molecule is O=C(CCCCN1CCCCC1)c1ccc(-c2cc(NCCCN3CCCCC3)c3cnccc3n2)cn1. The molecule has 0 amide bonds. The average molecular weight is 515 g/mol. The van der Waals surface area contributed by atoms with Gasteiger partial charge in [0.1, 0.15) is 5.69 Å². The minimum absolute atomic E-state index is 0.129. The molecular weight excluding hydrogens is 472 g/mol. The van der Waals surface area contributed by atoms with E-state index >= 15 is 0 Å². The number of aromatic nitrogens is 3. The second-order valence-corrected chi connectivity index (χ2v) is 10.8. The summed E-state index contributed by atoms with van der Waals surface area (Å²) in [6, 6.07) is 7.87. The van der Waals surface area contributed by atoms with Gasteiger partial charge in [-0.2, -0.15) is 0 Å². The average Bonchev–Trinajstić information content (AvgIpc) is 2.98. The van der Waals surface area contributed by atoms with Crippen molar-refractivity contribution in [2.24, 2.45) is 0 Å². The third-order valence-electron chi connectivity index (χ3n) is 7.95. The summed E-state index contributed by atoms with van der Waals surface area (Å²) in [5.41, 5.74) is 4.28. The third-order valence-corrected chi connectivity index (χ3v) is 7.95. The lowest BCUT2D eigenvalue weighted by molar-refractivity contribution is 0.0972. The van der Waals surface area contributed by atoms with E-state index < -0.39 is 0 Å². The first-order chi connectivity index (χ1) is 18.8. The van der Waals surface area contributed by atoms with Crippen molar-refractivity contribution >= 4 is 22.4 Å². The monoisotopic (exact) mass is 514 g/mol. The Labute approximate surface area is 227 Å². The fourth-order valence-electron chi connectivity index (χ4n) is 5.71. The largest absolute Gasteiger partial charge is 0.384 e. The minimum Gasteiger partial charge on any atom is -0.384 e. The molecule has 202 valence electrons. The second kappa shape index (κ2) is 13.8. The number of nitrogens with zero attached hydrogens (tertiary/aromatic N) is 5. The van der Waals surface area contributed by atoms with Crippen LogP contribution in [0.1, 0.15) is 74.7 Å². The van der Waals surface area contributed by atoms with E-state index in [9.17, 15) is 4.79 Å². The third kappa shape index (κ3) is 7.35. The van der Waals surface area contributed by atoms with E-state index in [0.717, 1.165) is 66.7 Å². The number of piperidine rings is 2. The van der Waals surface area contributed by atoms with Crippen molar-refractivity contribution in [2.75, 3.05) is 51.1 Å². The summed E-state index contributed by atoms with van der Waals surface area (Å²) in [7, 11) is 0. The van der Waals surface area contributed by atoms with E-state index in [2.05, 4.69) is 31.2 Å². The number of likely N-dealkylation sites (tertiary alicyclic amines) is 2. The molecule has 3 aromatic heterocycles. The Hall–Kier alpha value is -2.90. The highest BCUT2D eigenvalue weighted by atomic mass is 16.1. The van der Waals surface area contributed by atoms with Crippen molar-refractivity contribution < 1.29 is 4.79 Å². The standard InChI is InChI=1S/C31H42N6O/c38-31(10-3-8-20-36-16-4-1-5-17-36)28-12-11-25(23-34-28)29-22-30(26-24-32-15-13-27(26)35-29)33-14-9-21-37-18-6-2-7-19-37/h11-13,15,22-24H,1-10,14,16-21H2,(H,33,35). The Bertz CT molecular complexity index is 1170. The molecule has 38 heavy (non-hydrogen) atoms. The molecule has 5 rings (SSSR count). The van der Waals surface area contributed by atoms with Gasteiger partial charge in [-0.1, -0.05) is 12.8 Å². The summed E-state index contributed by atoms with van der Waals surface area (Å²) < 4.78 is 0. The van der Waals surface area contributed by atoms with E-state index in [-0.39, 0.29) is 5.78 Å². The van der Waals surface area contributed by atoms with Gasteiger partial charge in [-0.15, -0.1) is 0 Å². The molecule has 0 aliphatic carbocycles. The van der Waals surface area contributed by atoms with Crippen LogP contribution in [0.15, 0.2) is 42.9 Å². The summed E-state index contributed by atoms with van der Waals surface area (Å²) in [4.78, 5) is 31.5. The van der Waals surface area contributed by atoms with Crippen LogP contribution in [-0.2, 0) is 0 Å². The van der Waals surface area contributed by atoms with Crippen LogP contribution in [0.25, 0.3) is 22.2 Å². The number of Topliss-reactive ketones (excluding diaryl/α,β-unsaturated/α-hetero) is 1. The van der Waals surface area contributed by atoms with Gasteiger partial charge in [-0.05, 0) is 108 Å². The zero-order valence-corrected chi connectivity index (χ0v) is 22.7. The highest BCUT2D eigenvalue weighted by Crippen LogP contribution is 2.28. The molecule has 7 heteroatoms. The van der Waals surface area contributed by atoms with Gasteiger partial charge in [0, 0.05) is 48.2 Å². The Balaban J connectivity index is 1.18. The molecule has 2 fully saturated rings. The van der Waals surface area contributed by atoms with Gasteiger partial charge < -0.3 is 15.1 Å². The summed E-state index contributed by atoms with van der Waals surface area (Å²) in [6.45, 7) is 8.05. The van der Waals surface area contributed by atoms with Crippen LogP contribution in [0.4, 0.5) is 5.69 Å². The minimum atomic E-state index is 0.129. The molecule has 0 atom stereocenters. The fourth-order valence-corrected chi connectivity index (χ4v) is 5.71. The number of fused-ring (bicyclic) bond motifs is 1. The van der Waals surface area contributed by atoms with E-state index in [1.807, 2.05) is 24.4 Å². The maximum Gasteiger partial charge on any atom is 0.181 e. The van der Waals surface area contributed by atoms with Crippen LogP contribution in [0.3, 0.4) is 0 Å². The predicted molar refractivity (Wildman–Crippen MR) is 155 cm³/mol. The van der Waals surface area contributed by atoms with Gasteiger partial charge in [0.2, 0.25) is 0 Å². The predicted octanol–water partition coefficient (Wildman–Crippen LogP) is 5.82. The molecular formula is C31H42N6O. The lowest BCUT2D eigenvalue weighted by Crippen LogP contribution is -2.31. The van der Waals surface area contributed by atoms with Gasteiger partial charge in [-0.3, -0.25) is 14.8 Å². The first-order valence-corrected chi connectivity index (χ1v) is 14.7. The van der Waals surface area contributed by atoms with Crippen LogP contribution in [-0.4, -0.2) is 76.3 Å². The highest BCUT2D eigenvalue weighted by Gasteiger charge is 2.13. The number of unbranched alkanes of at least 4 members (excludes halogenated alkanes) is 1. The van der Waals surface area contributed by atoms with E-state index in [4.69, 9.17) is 4.98 Å². The van der Waals surface area contributed by atoms with Crippen molar-refractivity contribution in [1.29, 1.82) is 0 Å². The fraction of sp³-hybridized carbons (Fsp3) is 0.548. The first kappa shape index (κ1) is 26.7. The van der Waals surface area contributed by atoms with Gasteiger partial charge in [0.05, 0.1) is 11.2 Å². The molecule has 5 heterocycles. The number of carbonyl (C=O) groups excluding carboxylic acids is 1. The Morgan fingerprint density at radius 3 is 2.29 bits per heavy atom. The number of rotatable bonds is 12. The molecule has 3 aromatic rings. The van der Waals surface area contributed by atoms with E-state index in [1.165, 1.54) is 64.7 Å². The number of hydrogen-bond acceptors (Lipinski definition) is 7. The van der Waals surface area contributed by atoms with Crippen molar-refractivity contribution in [2.45, 2.75) is 64.2 Å². The molecule has 0 radical (unpaired) electrons. The summed E-state index contributed by atoms with van der Waals surface area (Å²) in [5, 5.41) is 4.66. The van der Waals surface area contributed by atoms with Crippen LogP contribution in [0, 0.1) is 0 Å². The van der Waals surface area contributed by atoms with Crippen molar-refractivity contribution in [3.63, 3.8) is 0 Å². The summed E-state index contributed by atoms with van der Waals surface area (Å²) in [6.07, 6.45) is 17.1. The number of nitrogens with one attached hydrogen (secondary N) is 1. The number of pyridine rings is 3.